The number of rotatable bonds is 8. The van der Waals surface area contributed by atoms with Crippen LogP contribution in [0.5, 0.6) is 0 Å². The minimum atomic E-state index is -0.750. The first-order valence-electron chi connectivity index (χ1n) is 7.83. The van der Waals surface area contributed by atoms with Gasteiger partial charge in [-0.3, -0.25) is 4.79 Å². The molecule has 0 aromatic heterocycles. The van der Waals surface area contributed by atoms with Crippen molar-refractivity contribution >= 4 is 12.0 Å². The summed E-state index contributed by atoms with van der Waals surface area (Å²) in [7, 11) is 0. The minimum absolute atomic E-state index is 0.00631. The van der Waals surface area contributed by atoms with Crippen molar-refractivity contribution in [2.24, 2.45) is 11.8 Å². The fourth-order valence-electron chi connectivity index (χ4n) is 2.75. The Labute approximate surface area is 121 Å². The smallest absolute Gasteiger partial charge is 0.315 e. The lowest BCUT2D eigenvalue weighted by molar-refractivity contribution is -0.141. The van der Waals surface area contributed by atoms with E-state index in [0.29, 0.717) is 25.3 Å². The van der Waals surface area contributed by atoms with E-state index in [4.69, 9.17) is 5.11 Å². The maximum Gasteiger partial charge on any atom is 0.315 e. The Morgan fingerprint density at radius 2 is 2.05 bits per heavy atom. The number of urea groups is 1. The molecule has 0 saturated heterocycles. The van der Waals surface area contributed by atoms with Crippen LogP contribution in [-0.4, -0.2) is 29.7 Å². The molecule has 0 aromatic carbocycles. The zero-order chi connectivity index (χ0) is 15.0. The molecule has 1 rings (SSSR count). The van der Waals surface area contributed by atoms with Gasteiger partial charge in [-0.1, -0.05) is 33.1 Å². The third-order valence-corrected chi connectivity index (χ3v) is 4.21. The average molecular weight is 284 g/mol. The summed E-state index contributed by atoms with van der Waals surface area (Å²) >= 11 is 0. The number of amides is 2. The second-order valence-corrected chi connectivity index (χ2v) is 5.82. The quantitative estimate of drug-likeness (QED) is 0.641. The highest BCUT2D eigenvalue weighted by Gasteiger charge is 2.30. The Hall–Kier alpha value is -1.26. The van der Waals surface area contributed by atoms with E-state index in [2.05, 4.69) is 24.5 Å². The van der Waals surface area contributed by atoms with Crippen molar-refractivity contribution in [2.75, 3.05) is 6.54 Å². The van der Waals surface area contributed by atoms with Crippen LogP contribution in [0.3, 0.4) is 0 Å². The Morgan fingerprint density at radius 3 is 2.60 bits per heavy atom. The molecule has 1 aliphatic carbocycles. The second kappa shape index (κ2) is 8.82. The molecule has 1 fully saturated rings. The van der Waals surface area contributed by atoms with Crippen LogP contribution in [0.4, 0.5) is 4.79 Å². The first-order chi connectivity index (χ1) is 9.56. The first kappa shape index (κ1) is 16.8. The zero-order valence-corrected chi connectivity index (χ0v) is 12.7. The van der Waals surface area contributed by atoms with Gasteiger partial charge in [0.2, 0.25) is 0 Å². The maximum atomic E-state index is 11.8. The van der Waals surface area contributed by atoms with E-state index >= 15 is 0 Å². The van der Waals surface area contributed by atoms with Crippen LogP contribution in [-0.2, 0) is 4.79 Å². The molecule has 20 heavy (non-hydrogen) atoms. The number of carbonyl (C=O) groups excluding carboxylic acids is 1. The molecule has 3 N–H and O–H groups in total. The van der Waals surface area contributed by atoms with Gasteiger partial charge in [-0.25, -0.2) is 4.79 Å². The minimum Gasteiger partial charge on any atom is -0.481 e. The molecule has 5 heteroatoms. The van der Waals surface area contributed by atoms with Crippen LogP contribution < -0.4 is 10.6 Å². The highest BCUT2D eigenvalue weighted by molar-refractivity contribution is 5.75. The molecule has 5 nitrogen and oxygen atoms in total. The van der Waals surface area contributed by atoms with E-state index < -0.39 is 5.97 Å². The zero-order valence-electron chi connectivity index (χ0n) is 12.7. The standard InChI is InChI=1S/C15H28N2O3/c1-3-5-6-11(4-2)10-16-15(20)17-13-8-7-12(9-13)14(18)19/h11-13H,3-10H2,1-2H3,(H,18,19)(H2,16,17,20). The molecular weight excluding hydrogens is 256 g/mol. The number of aliphatic carboxylic acids is 1. The van der Waals surface area contributed by atoms with Crippen LogP contribution >= 0.6 is 0 Å². The lowest BCUT2D eigenvalue weighted by Crippen LogP contribution is -2.42. The first-order valence-corrected chi connectivity index (χ1v) is 7.83. The van der Waals surface area contributed by atoms with Crippen LogP contribution in [0.25, 0.3) is 0 Å². The van der Waals surface area contributed by atoms with Crippen LogP contribution in [0.2, 0.25) is 0 Å². The fourth-order valence-corrected chi connectivity index (χ4v) is 2.75. The Bertz CT molecular complexity index is 320. The van der Waals surface area contributed by atoms with Crippen molar-refractivity contribution in [3.63, 3.8) is 0 Å². The predicted molar refractivity (Wildman–Crippen MR) is 78.6 cm³/mol. The predicted octanol–water partition coefficient (Wildman–Crippen LogP) is 2.76. The summed E-state index contributed by atoms with van der Waals surface area (Å²) in [5.41, 5.74) is 0. The highest BCUT2D eigenvalue weighted by Crippen LogP contribution is 2.25. The largest absolute Gasteiger partial charge is 0.481 e. The maximum absolute atomic E-state index is 11.8. The highest BCUT2D eigenvalue weighted by atomic mass is 16.4. The number of hydrogen-bond acceptors (Lipinski definition) is 2. The second-order valence-electron chi connectivity index (χ2n) is 5.82. The van der Waals surface area contributed by atoms with Gasteiger partial charge in [0, 0.05) is 12.6 Å². The Balaban J connectivity index is 2.21. The number of unbranched alkanes of at least 4 members (excludes halogenated alkanes) is 1. The summed E-state index contributed by atoms with van der Waals surface area (Å²) < 4.78 is 0. The Morgan fingerprint density at radius 1 is 1.30 bits per heavy atom. The summed E-state index contributed by atoms with van der Waals surface area (Å²) in [6.07, 6.45) is 6.58. The molecule has 0 radical (unpaired) electrons. The molecule has 3 atom stereocenters. The van der Waals surface area contributed by atoms with Gasteiger partial charge in [0.05, 0.1) is 5.92 Å². The summed E-state index contributed by atoms with van der Waals surface area (Å²) in [5, 5.41) is 14.7. The van der Waals surface area contributed by atoms with E-state index in [0.717, 1.165) is 19.3 Å². The van der Waals surface area contributed by atoms with Crippen LogP contribution in [0.15, 0.2) is 0 Å². The molecule has 116 valence electrons. The summed E-state index contributed by atoms with van der Waals surface area (Å²) in [6, 6.07) is -0.150. The number of nitrogens with one attached hydrogen (secondary N) is 2. The number of carboxylic acid groups (broad SMARTS) is 1. The molecule has 0 heterocycles. The lowest BCUT2D eigenvalue weighted by Gasteiger charge is -2.17. The third kappa shape index (κ3) is 5.80. The van der Waals surface area contributed by atoms with Crippen LogP contribution in [0.1, 0.15) is 58.8 Å². The summed E-state index contributed by atoms with van der Waals surface area (Å²) in [5.74, 6) is -0.510. The van der Waals surface area contributed by atoms with E-state index in [1.807, 2.05) is 0 Å². The Kier molecular flexibility index (Phi) is 7.41. The van der Waals surface area contributed by atoms with Gasteiger partial charge >= 0.3 is 12.0 Å². The van der Waals surface area contributed by atoms with E-state index in [9.17, 15) is 9.59 Å². The monoisotopic (exact) mass is 284 g/mol. The number of hydrogen-bond donors (Lipinski definition) is 3. The lowest BCUT2D eigenvalue weighted by atomic mass is 9.99. The van der Waals surface area contributed by atoms with Gasteiger partial charge in [0.15, 0.2) is 0 Å². The molecule has 3 unspecified atom stereocenters. The molecule has 0 aliphatic heterocycles. The van der Waals surface area contributed by atoms with Gasteiger partial charge in [-0.05, 0) is 31.6 Å². The third-order valence-electron chi connectivity index (χ3n) is 4.21. The molecule has 0 bridgehead atoms. The summed E-state index contributed by atoms with van der Waals surface area (Å²) in [4.78, 5) is 22.7. The fraction of sp³-hybridized carbons (Fsp3) is 0.867. The normalized spacial score (nSPS) is 23.3. The average Bonchev–Trinajstić information content (AvgIpc) is 2.87. The SMILES string of the molecule is CCCCC(CC)CNC(=O)NC1CCC(C(=O)O)C1. The van der Waals surface area contributed by atoms with Gasteiger partial charge in [0.25, 0.3) is 0 Å². The van der Waals surface area contributed by atoms with Crippen molar-refractivity contribution < 1.29 is 14.7 Å². The van der Waals surface area contributed by atoms with Crippen molar-refractivity contribution in [2.45, 2.75) is 64.8 Å². The van der Waals surface area contributed by atoms with E-state index in [-0.39, 0.29) is 18.0 Å². The molecule has 2 amide bonds. The number of carboxylic acids is 1. The van der Waals surface area contributed by atoms with Gasteiger partial charge < -0.3 is 15.7 Å². The van der Waals surface area contributed by atoms with Gasteiger partial charge in [-0.15, -0.1) is 0 Å². The molecule has 1 aliphatic rings. The molecular formula is C15H28N2O3. The van der Waals surface area contributed by atoms with E-state index in [1.54, 1.807) is 0 Å². The molecule has 0 spiro atoms. The van der Waals surface area contributed by atoms with Crippen molar-refractivity contribution in [3.05, 3.63) is 0 Å². The number of carbonyl (C=O) groups is 2. The molecule has 0 aromatic rings. The van der Waals surface area contributed by atoms with Crippen molar-refractivity contribution in [1.29, 1.82) is 0 Å². The van der Waals surface area contributed by atoms with Crippen molar-refractivity contribution in [3.8, 4) is 0 Å². The summed E-state index contributed by atoms with van der Waals surface area (Å²) in [6.45, 7) is 5.03. The van der Waals surface area contributed by atoms with Gasteiger partial charge in [0.1, 0.15) is 0 Å². The van der Waals surface area contributed by atoms with Gasteiger partial charge in [-0.2, -0.15) is 0 Å². The topological polar surface area (TPSA) is 78.4 Å². The molecule has 1 saturated carbocycles. The van der Waals surface area contributed by atoms with Crippen LogP contribution in [0, 0.1) is 11.8 Å². The van der Waals surface area contributed by atoms with Crippen molar-refractivity contribution in [1.82, 2.24) is 10.6 Å². The van der Waals surface area contributed by atoms with E-state index in [1.165, 1.54) is 12.8 Å².